The normalized spacial score (nSPS) is 12.5. The van der Waals surface area contributed by atoms with E-state index in [1.807, 2.05) is 39.8 Å². The first kappa shape index (κ1) is 11.6. The third-order valence-electron chi connectivity index (χ3n) is 2.62. The zero-order chi connectivity index (χ0) is 12.4. The second kappa shape index (κ2) is 4.57. The van der Waals surface area contributed by atoms with Gasteiger partial charge in [0, 0.05) is 6.20 Å². The Kier molecular flexibility index (Phi) is 3.13. The second-order valence-electron chi connectivity index (χ2n) is 4.26. The van der Waals surface area contributed by atoms with Gasteiger partial charge in [0.05, 0.1) is 17.4 Å². The Morgan fingerprint density at radius 2 is 2.00 bits per heavy atom. The van der Waals surface area contributed by atoms with Gasteiger partial charge >= 0.3 is 0 Å². The van der Waals surface area contributed by atoms with Gasteiger partial charge in [0.25, 0.3) is 0 Å². The Morgan fingerprint density at radius 3 is 2.65 bits per heavy atom. The van der Waals surface area contributed by atoms with Crippen LogP contribution in [0.15, 0.2) is 22.7 Å². The molecule has 1 N–H and O–H groups in total. The molecule has 0 aromatic carbocycles. The average Bonchev–Trinajstić information content (AvgIpc) is 2.70. The zero-order valence-corrected chi connectivity index (χ0v) is 10.6. The molecule has 1 unspecified atom stereocenters. The number of hydrogen-bond acceptors (Lipinski definition) is 4. The van der Waals surface area contributed by atoms with Crippen LogP contribution in [0.4, 0.5) is 5.82 Å². The first-order chi connectivity index (χ1) is 8.06. The summed E-state index contributed by atoms with van der Waals surface area (Å²) in [5.74, 6) is 2.64. The number of rotatable bonds is 3. The molecule has 2 rings (SSSR count). The van der Waals surface area contributed by atoms with Crippen molar-refractivity contribution < 1.29 is 4.42 Å². The molecule has 0 aliphatic heterocycles. The highest BCUT2D eigenvalue weighted by Crippen LogP contribution is 2.21. The predicted octanol–water partition coefficient (Wildman–Crippen LogP) is 3.17. The number of hydrogen-bond donors (Lipinski definition) is 1. The van der Waals surface area contributed by atoms with Crippen molar-refractivity contribution in [2.24, 2.45) is 0 Å². The average molecular weight is 231 g/mol. The maximum atomic E-state index is 5.58. The Morgan fingerprint density at radius 1 is 1.24 bits per heavy atom. The minimum Gasteiger partial charge on any atom is -0.464 e. The maximum Gasteiger partial charge on any atom is 0.148 e. The van der Waals surface area contributed by atoms with Crippen LogP contribution in [-0.4, -0.2) is 9.97 Å². The van der Waals surface area contributed by atoms with E-state index >= 15 is 0 Å². The van der Waals surface area contributed by atoms with Crippen LogP contribution < -0.4 is 5.32 Å². The van der Waals surface area contributed by atoms with Gasteiger partial charge in [0.2, 0.25) is 0 Å². The Bertz CT molecular complexity index is 519. The zero-order valence-electron chi connectivity index (χ0n) is 10.6. The van der Waals surface area contributed by atoms with Crippen molar-refractivity contribution in [3.05, 3.63) is 41.2 Å². The summed E-state index contributed by atoms with van der Waals surface area (Å²) >= 11 is 0. The van der Waals surface area contributed by atoms with Crippen LogP contribution in [0.1, 0.15) is 35.9 Å². The lowest BCUT2D eigenvalue weighted by atomic mass is 10.2. The third kappa shape index (κ3) is 2.64. The molecule has 0 fully saturated rings. The van der Waals surface area contributed by atoms with E-state index in [2.05, 4.69) is 15.3 Å². The van der Waals surface area contributed by atoms with Crippen molar-refractivity contribution in [1.29, 1.82) is 0 Å². The lowest BCUT2D eigenvalue weighted by Gasteiger charge is -2.13. The van der Waals surface area contributed by atoms with Gasteiger partial charge in [-0.1, -0.05) is 0 Å². The monoisotopic (exact) mass is 231 g/mol. The topological polar surface area (TPSA) is 51.0 Å². The quantitative estimate of drug-likeness (QED) is 0.881. The standard InChI is InChI=1S/C13H17N3O/c1-8-7-14-11(4)13(15-8)16-10(3)12-6-5-9(2)17-12/h5-7,10H,1-4H3,(H,15,16). The molecule has 2 heterocycles. The molecule has 0 spiro atoms. The molecule has 4 heteroatoms. The molecular formula is C13H17N3O. The second-order valence-corrected chi connectivity index (χ2v) is 4.26. The van der Waals surface area contributed by atoms with Crippen molar-refractivity contribution in [2.75, 3.05) is 5.32 Å². The van der Waals surface area contributed by atoms with Gasteiger partial charge in [-0.15, -0.1) is 0 Å². The fourth-order valence-corrected chi connectivity index (χ4v) is 1.64. The molecule has 0 aliphatic rings. The summed E-state index contributed by atoms with van der Waals surface area (Å²) in [6.07, 6.45) is 1.77. The molecule has 90 valence electrons. The molecule has 17 heavy (non-hydrogen) atoms. The molecule has 2 aromatic rings. The van der Waals surface area contributed by atoms with Crippen LogP contribution in [0, 0.1) is 20.8 Å². The summed E-state index contributed by atoms with van der Waals surface area (Å²) in [6.45, 7) is 7.85. The van der Waals surface area contributed by atoms with Gasteiger partial charge in [-0.2, -0.15) is 0 Å². The summed E-state index contributed by atoms with van der Waals surface area (Å²) in [5.41, 5.74) is 1.80. The molecule has 1 atom stereocenters. The number of nitrogens with one attached hydrogen (secondary N) is 1. The van der Waals surface area contributed by atoms with E-state index in [9.17, 15) is 0 Å². The number of anilines is 1. The van der Waals surface area contributed by atoms with E-state index < -0.39 is 0 Å². The molecule has 4 nitrogen and oxygen atoms in total. The van der Waals surface area contributed by atoms with Crippen LogP contribution in [0.3, 0.4) is 0 Å². The van der Waals surface area contributed by atoms with Crippen molar-refractivity contribution >= 4 is 5.82 Å². The van der Waals surface area contributed by atoms with Crippen LogP contribution in [0.25, 0.3) is 0 Å². The van der Waals surface area contributed by atoms with Gasteiger partial charge in [-0.05, 0) is 39.8 Å². The SMILES string of the molecule is Cc1cnc(C)c(NC(C)c2ccc(C)o2)n1. The Balaban J connectivity index is 2.18. The van der Waals surface area contributed by atoms with E-state index in [0.29, 0.717) is 0 Å². The lowest BCUT2D eigenvalue weighted by Crippen LogP contribution is -2.09. The Labute approximate surface area is 101 Å². The van der Waals surface area contributed by atoms with E-state index in [-0.39, 0.29) is 6.04 Å². The minimum atomic E-state index is 0.0819. The smallest absolute Gasteiger partial charge is 0.148 e. The van der Waals surface area contributed by atoms with Gasteiger partial charge in [-0.25, -0.2) is 4.98 Å². The molecule has 0 amide bonds. The van der Waals surface area contributed by atoms with Crippen molar-refractivity contribution in [2.45, 2.75) is 33.7 Å². The van der Waals surface area contributed by atoms with E-state index in [4.69, 9.17) is 4.42 Å². The largest absolute Gasteiger partial charge is 0.464 e. The maximum absolute atomic E-state index is 5.58. The van der Waals surface area contributed by atoms with Gasteiger partial charge in [-0.3, -0.25) is 4.98 Å². The highest BCUT2D eigenvalue weighted by molar-refractivity contribution is 5.41. The molecule has 0 saturated heterocycles. The molecule has 0 bridgehead atoms. The third-order valence-corrected chi connectivity index (χ3v) is 2.62. The highest BCUT2D eigenvalue weighted by atomic mass is 16.3. The summed E-state index contributed by atoms with van der Waals surface area (Å²) in [4.78, 5) is 8.70. The van der Waals surface area contributed by atoms with E-state index in [1.165, 1.54) is 0 Å². The number of nitrogens with zero attached hydrogens (tertiary/aromatic N) is 2. The van der Waals surface area contributed by atoms with E-state index in [1.54, 1.807) is 6.20 Å². The first-order valence-corrected chi connectivity index (χ1v) is 5.69. The number of furan rings is 1. The van der Waals surface area contributed by atoms with Crippen molar-refractivity contribution in [1.82, 2.24) is 9.97 Å². The minimum absolute atomic E-state index is 0.0819. The first-order valence-electron chi connectivity index (χ1n) is 5.69. The van der Waals surface area contributed by atoms with Crippen molar-refractivity contribution in [3.8, 4) is 0 Å². The van der Waals surface area contributed by atoms with Crippen LogP contribution in [0.5, 0.6) is 0 Å². The van der Waals surface area contributed by atoms with Crippen LogP contribution >= 0.6 is 0 Å². The fourth-order valence-electron chi connectivity index (χ4n) is 1.64. The number of aromatic nitrogens is 2. The highest BCUT2D eigenvalue weighted by Gasteiger charge is 2.11. The molecule has 0 aliphatic carbocycles. The van der Waals surface area contributed by atoms with Gasteiger partial charge in [0.15, 0.2) is 0 Å². The van der Waals surface area contributed by atoms with Crippen LogP contribution in [0.2, 0.25) is 0 Å². The number of aryl methyl sites for hydroxylation is 3. The molecular weight excluding hydrogens is 214 g/mol. The summed E-state index contributed by atoms with van der Waals surface area (Å²) in [7, 11) is 0. The molecule has 0 radical (unpaired) electrons. The van der Waals surface area contributed by atoms with Crippen LogP contribution in [-0.2, 0) is 0 Å². The summed E-state index contributed by atoms with van der Waals surface area (Å²) in [5, 5.41) is 3.31. The molecule has 0 saturated carbocycles. The summed E-state index contributed by atoms with van der Waals surface area (Å²) in [6, 6.07) is 4.02. The fraction of sp³-hybridized carbons (Fsp3) is 0.385. The van der Waals surface area contributed by atoms with Gasteiger partial charge < -0.3 is 9.73 Å². The van der Waals surface area contributed by atoms with Crippen molar-refractivity contribution in [3.63, 3.8) is 0 Å². The van der Waals surface area contributed by atoms with E-state index in [0.717, 1.165) is 28.7 Å². The Hall–Kier alpha value is -1.84. The molecule has 2 aromatic heterocycles. The van der Waals surface area contributed by atoms with Gasteiger partial charge in [0.1, 0.15) is 17.3 Å². The lowest BCUT2D eigenvalue weighted by molar-refractivity contribution is 0.466. The summed E-state index contributed by atoms with van der Waals surface area (Å²) < 4.78 is 5.58. The predicted molar refractivity (Wildman–Crippen MR) is 67.0 cm³/mol.